The zero-order valence-corrected chi connectivity index (χ0v) is 19.0. The molecule has 2 aromatic rings. The van der Waals surface area contributed by atoms with Gasteiger partial charge < -0.3 is 24.8 Å². The van der Waals surface area contributed by atoms with Crippen LogP contribution in [0.25, 0.3) is 17.2 Å². The molecule has 2 aromatic carbocycles. The fourth-order valence-corrected chi connectivity index (χ4v) is 4.63. The van der Waals surface area contributed by atoms with Crippen molar-refractivity contribution >= 4 is 6.08 Å². The molecule has 0 radical (unpaired) electrons. The quantitative estimate of drug-likeness (QED) is 0.600. The van der Waals surface area contributed by atoms with Crippen molar-refractivity contribution in [2.24, 2.45) is 0 Å². The number of halogens is 2. The van der Waals surface area contributed by atoms with Crippen LogP contribution in [0.3, 0.4) is 0 Å². The summed E-state index contributed by atoms with van der Waals surface area (Å²) in [6, 6.07) is 16.1. The Balaban J connectivity index is 0.00000156. The van der Waals surface area contributed by atoms with Crippen molar-refractivity contribution in [3.05, 3.63) is 64.7 Å². The Morgan fingerprint density at radius 1 is 0.880 bits per heavy atom. The summed E-state index contributed by atoms with van der Waals surface area (Å²) in [5.41, 5.74) is 8.88. The maximum Gasteiger partial charge on any atom is -1.00 e. The molecule has 0 bridgehead atoms. The molecule has 1 unspecified atom stereocenters. The number of unbranched alkanes of at least 4 members (excludes halogenated alkanes) is 1. The van der Waals surface area contributed by atoms with Gasteiger partial charge in [-0.3, -0.25) is 0 Å². The molecule has 0 spiro atoms. The summed E-state index contributed by atoms with van der Waals surface area (Å²) in [5.74, 6) is 0. The van der Waals surface area contributed by atoms with Crippen LogP contribution in [0.5, 0.6) is 0 Å². The molecule has 3 heteroatoms. The Morgan fingerprint density at radius 3 is 2.24 bits per heavy atom. The second-order valence-corrected chi connectivity index (χ2v) is 7.93. The molecule has 131 valence electrons. The number of hydrogen-bond donors (Lipinski definition) is 0. The van der Waals surface area contributed by atoms with E-state index in [1.54, 1.807) is 35.9 Å². The molecule has 0 aromatic heterocycles. The van der Waals surface area contributed by atoms with Crippen LogP contribution in [0.2, 0.25) is 0 Å². The minimum Gasteiger partial charge on any atom is -1.00 e. The van der Waals surface area contributed by atoms with Gasteiger partial charge in [-0.2, -0.15) is 0 Å². The third-order valence-corrected chi connectivity index (χ3v) is 6.45. The van der Waals surface area contributed by atoms with Gasteiger partial charge in [-0.05, 0) is 0 Å². The Kier molecular flexibility index (Phi) is 9.72. The summed E-state index contributed by atoms with van der Waals surface area (Å²) >= 11 is 1.62. The van der Waals surface area contributed by atoms with E-state index in [2.05, 4.69) is 62.4 Å². The molecule has 0 nitrogen and oxygen atoms in total. The molecule has 1 aliphatic rings. The second-order valence-electron chi connectivity index (χ2n) is 6.51. The van der Waals surface area contributed by atoms with Gasteiger partial charge in [0.2, 0.25) is 0 Å². The van der Waals surface area contributed by atoms with Crippen LogP contribution in [0, 0.1) is 0 Å². The Bertz CT molecular complexity index is 704. The zero-order valence-electron chi connectivity index (χ0n) is 15.0. The van der Waals surface area contributed by atoms with Crippen LogP contribution < -0.4 is 24.8 Å². The molecular formula is C22H25Cl2Zr. The van der Waals surface area contributed by atoms with Crippen molar-refractivity contribution in [2.75, 3.05) is 0 Å². The van der Waals surface area contributed by atoms with Gasteiger partial charge in [0, 0.05) is 0 Å². The predicted octanol–water partition coefficient (Wildman–Crippen LogP) is 0.489. The predicted molar refractivity (Wildman–Crippen MR) is 96.1 cm³/mol. The summed E-state index contributed by atoms with van der Waals surface area (Å²) in [6.45, 7) is 4.52. The number of rotatable bonds is 6. The average molecular weight is 452 g/mol. The molecule has 0 fully saturated rings. The minimum atomic E-state index is 0. The molecule has 0 heterocycles. The van der Waals surface area contributed by atoms with E-state index < -0.39 is 0 Å². The molecule has 0 saturated carbocycles. The number of aryl methyl sites for hydroxylation is 1. The number of hydrogen-bond acceptors (Lipinski definition) is 0. The molecule has 25 heavy (non-hydrogen) atoms. The van der Waals surface area contributed by atoms with Gasteiger partial charge in [-0.25, -0.2) is 0 Å². The SMILES string of the molecule is CCCCC1=Cc2c(-c3ccc(CCC)cc3)cccc2[CH]1[Zr+2].[Cl-].[Cl-]. The zero-order chi connectivity index (χ0) is 16.2. The van der Waals surface area contributed by atoms with E-state index >= 15 is 0 Å². The summed E-state index contributed by atoms with van der Waals surface area (Å²) < 4.78 is 0.670. The van der Waals surface area contributed by atoms with Gasteiger partial charge in [-0.15, -0.1) is 0 Å². The van der Waals surface area contributed by atoms with E-state index in [-0.39, 0.29) is 24.8 Å². The van der Waals surface area contributed by atoms with Crippen LogP contribution in [0.4, 0.5) is 0 Å². The molecule has 0 aliphatic heterocycles. The first-order valence-electron chi connectivity index (χ1n) is 8.88. The number of benzene rings is 2. The molecular weight excluding hydrogens is 426 g/mol. The fraction of sp³-hybridized carbons (Fsp3) is 0.364. The topological polar surface area (TPSA) is 0 Å². The van der Waals surface area contributed by atoms with E-state index in [1.165, 1.54) is 54.4 Å². The van der Waals surface area contributed by atoms with Crippen molar-refractivity contribution in [1.82, 2.24) is 0 Å². The van der Waals surface area contributed by atoms with Crippen molar-refractivity contribution in [3.8, 4) is 11.1 Å². The monoisotopic (exact) mass is 449 g/mol. The summed E-state index contributed by atoms with van der Waals surface area (Å²) in [7, 11) is 0. The van der Waals surface area contributed by atoms with Crippen LogP contribution in [0.1, 0.15) is 59.8 Å². The Hall–Kier alpha value is -0.357. The molecule has 1 atom stereocenters. The van der Waals surface area contributed by atoms with Crippen LogP contribution in [-0.4, -0.2) is 0 Å². The van der Waals surface area contributed by atoms with Crippen molar-refractivity contribution in [3.63, 3.8) is 0 Å². The third-order valence-electron chi connectivity index (χ3n) is 4.77. The van der Waals surface area contributed by atoms with Gasteiger partial charge in [0.1, 0.15) is 0 Å². The first kappa shape index (κ1) is 22.7. The maximum absolute atomic E-state index is 2.49. The van der Waals surface area contributed by atoms with Crippen molar-refractivity contribution in [1.29, 1.82) is 0 Å². The smallest absolute Gasteiger partial charge is 1.00 e. The van der Waals surface area contributed by atoms with Crippen molar-refractivity contribution in [2.45, 2.75) is 49.6 Å². The molecule has 1 aliphatic carbocycles. The van der Waals surface area contributed by atoms with Crippen LogP contribution in [0.15, 0.2) is 48.0 Å². The standard InChI is InChI=1S/C22H25.2ClH.Zr/c1-3-5-8-18-15-20-9-6-10-21(22(20)16-18)19-13-11-17(7-4-2)12-14-19;;;/h6,9-16H,3-5,7-8H2,1-2H3;2*1H;/q;;;+2/p-2. The van der Waals surface area contributed by atoms with E-state index in [9.17, 15) is 0 Å². The van der Waals surface area contributed by atoms with E-state index in [4.69, 9.17) is 0 Å². The van der Waals surface area contributed by atoms with E-state index in [1.807, 2.05) is 0 Å². The fourth-order valence-electron chi connectivity index (χ4n) is 3.45. The first-order chi connectivity index (χ1) is 11.2. The normalized spacial score (nSPS) is 15.0. The largest absolute Gasteiger partial charge is 1.00 e. The average Bonchev–Trinajstić information content (AvgIpc) is 2.90. The third kappa shape index (κ3) is 5.09. The molecule has 0 amide bonds. The first-order valence-corrected chi connectivity index (χ1v) is 10.3. The number of fused-ring (bicyclic) bond motifs is 1. The van der Waals surface area contributed by atoms with Gasteiger partial charge in [-0.1, -0.05) is 0 Å². The summed E-state index contributed by atoms with van der Waals surface area (Å²) in [6.07, 6.45) is 8.72. The molecule has 0 N–H and O–H groups in total. The van der Waals surface area contributed by atoms with Crippen LogP contribution >= 0.6 is 0 Å². The Morgan fingerprint density at radius 2 is 1.60 bits per heavy atom. The van der Waals surface area contributed by atoms with Gasteiger partial charge in [0.05, 0.1) is 0 Å². The minimum absolute atomic E-state index is 0. The van der Waals surface area contributed by atoms with Gasteiger partial charge in [0.15, 0.2) is 0 Å². The molecule has 0 saturated heterocycles. The number of allylic oxidation sites excluding steroid dienone is 1. The summed E-state index contributed by atoms with van der Waals surface area (Å²) in [5, 5.41) is 0. The maximum atomic E-state index is 2.49. The van der Waals surface area contributed by atoms with E-state index in [0.29, 0.717) is 3.63 Å². The van der Waals surface area contributed by atoms with Crippen molar-refractivity contribution < 1.29 is 49.5 Å². The van der Waals surface area contributed by atoms with Gasteiger partial charge in [0.25, 0.3) is 0 Å². The molecule has 3 rings (SSSR count). The van der Waals surface area contributed by atoms with Crippen LogP contribution in [-0.2, 0) is 31.1 Å². The van der Waals surface area contributed by atoms with Gasteiger partial charge >= 0.3 is 156 Å². The summed E-state index contributed by atoms with van der Waals surface area (Å²) in [4.78, 5) is 0. The second kappa shape index (κ2) is 10.7. The van der Waals surface area contributed by atoms with E-state index in [0.717, 1.165) is 0 Å². The Labute approximate surface area is 180 Å².